The van der Waals surface area contributed by atoms with Crippen LogP contribution in [0, 0.1) is 13.8 Å². The first-order chi connectivity index (χ1) is 9.22. The number of hydrogen-bond acceptors (Lipinski definition) is 2. The van der Waals surface area contributed by atoms with Gasteiger partial charge in [-0.05, 0) is 43.5 Å². The zero-order chi connectivity index (χ0) is 13.2. The quantitative estimate of drug-likeness (QED) is 0.775. The van der Waals surface area contributed by atoms with Gasteiger partial charge in [0.05, 0.1) is 5.52 Å². The molecule has 2 heterocycles. The highest BCUT2D eigenvalue weighted by Crippen LogP contribution is 2.13. The molecule has 0 aliphatic heterocycles. The molecule has 0 radical (unpaired) electrons. The summed E-state index contributed by atoms with van der Waals surface area (Å²) < 4.78 is 0. The fourth-order valence-corrected chi connectivity index (χ4v) is 2.30. The van der Waals surface area contributed by atoms with Crippen LogP contribution >= 0.6 is 0 Å². The Morgan fingerprint density at radius 1 is 0.947 bits per heavy atom. The maximum absolute atomic E-state index is 4.55. The van der Waals surface area contributed by atoms with Crippen molar-refractivity contribution < 1.29 is 0 Å². The highest BCUT2D eigenvalue weighted by Gasteiger charge is 2.05. The van der Waals surface area contributed by atoms with Crippen LogP contribution in [0.4, 0.5) is 0 Å². The first-order valence-electron chi connectivity index (χ1n) is 6.59. The molecule has 1 aromatic carbocycles. The van der Waals surface area contributed by atoms with E-state index in [1.54, 1.807) is 0 Å². The molecule has 0 aliphatic carbocycles. The van der Waals surface area contributed by atoms with Crippen molar-refractivity contribution in [2.24, 2.45) is 0 Å². The highest BCUT2D eigenvalue weighted by molar-refractivity contribution is 5.70. The molecule has 2 aromatic heterocycles. The monoisotopic (exact) mass is 251 g/mol. The summed E-state index contributed by atoms with van der Waals surface area (Å²) in [5, 5.41) is 0. The lowest BCUT2D eigenvalue weighted by molar-refractivity contribution is 0.882. The molecule has 0 atom stereocenters. The van der Waals surface area contributed by atoms with Gasteiger partial charge in [0.2, 0.25) is 0 Å². The number of pyridine rings is 1. The van der Waals surface area contributed by atoms with E-state index < -0.39 is 0 Å². The van der Waals surface area contributed by atoms with Crippen molar-refractivity contribution in [1.29, 1.82) is 0 Å². The van der Waals surface area contributed by atoms with Crippen molar-refractivity contribution in [2.45, 2.75) is 26.7 Å². The number of nitrogens with one attached hydrogen (secondary N) is 1. The van der Waals surface area contributed by atoms with Crippen molar-refractivity contribution in [1.82, 2.24) is 15.0 Å². The first kappa shape index (κ1) is 11.9. The molecule has 0 fully saturated rings. The standard InChI is InChI=1S/C16H17N3/c1-11-5-3-4-6-13(11)8-10-15-18-14-9-7-12(2)17-16(14)19-15/h3-7,9H,8,10H2,1-2H3,(H,17,18,19). The summed E-state index contributed by atoms with van der Waals surface area (Å²) in [5.74, 6) is 1.01. The van der Waals surface area contributed by atoms with E-state index in [2.05, 4.69) is 46.1 Å². The third-order valence-electron chi connectivity index (χ3n) is 3.43. The number of imidazole rings is 1. The molecule has 0 amide bonds. The number of hydrogen-bond donors (Lipinski definition) is 1. The van der Waals surface area contributed by atoms with E-state index >= 15 is 0 Å². The van der Waals surface area contributed by atoms with Gasteiger partial charge in [-0.15, -0.1) is 0 Å². The second kappa shape index (κ2) is 4.84. The molecule has 1 N–H and O–H groups in total. The van der Waals surface area contributed by atoms with E-state index in [4.69, 9.17) is 0 Å². The Kier molecular flexibility index (Phi) is 3.03. The Labute approximate surface area is 112 Å². The zero-order valence-corrected chi connectivity index (χ0v) is 11.3. The van der Waals surface area contributed by atoms with Gasteiger partial charge < -0.3 is 4.98 Å². The van der Waals surface area contributed by atoms with E-state index in [9.17, 15) is 0 Å². The topological polar surface area (TPSA) is 41.6 Å². The van der Waals surface area contributed by atoms with Gasteiger partial charge in [-0.2, -0.15) is 0 Å². The van der Waals surface area contributed by atoms with Crippen LogP contribution in [0.15, 0.2) is 36.4 Å². The van der Waals surface area contributed by atoms with Crippen molar-refractivity contribution in [3.05, 3.63) is 59.0 Å². The predicted molar refractivity (Wildman–Crippen MR) is 77.2 cm³/mol. The van der Waals surface area contributed by atoms with E-state index in [1.807, 2.05) is 19.1 Å². The van der Waals surface area contributed by atoms with Gasteiger partial charge in [-0.25, -0.2) is 9.97 Å². The van der Waals surface area contributed by atoms with Gasteiger partial charge in [-0.1, -0.05) is 24.3 Å². The van der Waals surface area contributed by atoms with Crippen LogP contribution < -0.4 is 0 Å². The number of aromatic amines is 1. The minimum absolute atomic E-state index is 0.819. The lowest BCUT2D eigenvalue weighted by Gasteiger charge is -2.03. The van der Waals surface area contributed by atoms with Crippen LogP contribution in [0.1, 0.15) is 22.6 Å². The number of benzene rings is 1. The number of aromatic nitrogens is 3. The highest BCUT2D eigenvalue weighted by atomic mass is 15.0. The van der Waals surface area contributed by atoms with Gasteiger partial charge in [-0.3, -0.25) is 0 Å². The first-order valence-corrected chi connectivity index (χ1v) is 6.59. The SMILES string of the molecule is Cc1ccc2[nH]c(CCc3ccccc3C)nc2n1. The third-order valence-corrected chi connectivity index (χ3v) is 3.43. The maximum atomic E-state index is 4.55. The second-order valence-electron chi connectivity index (χ2n) is 4.93. The minimum atomic E-state index is 0.819. The Bertz CT molecular complexity index is 713. The lowest BCUT2D eigenvalue weighted by atomic mass is 10.0. The number of rotatable bonds is 3. The van der Waals surface area contributed by atoms with Gasteiger partial charge >= 0.3 is 0 Å². The summed E-state index contributed by atoms with van der Waals surface area (Å²) in [6, 6.07) is 12.5. The zero-order valence-electron chi connectivity index (χ0n) is 11.3. The van der Waals surface area contributed by atoms with Crippen molar-refractivity contribution in [3.8, 4) is 0 Å². The molecule has 96 valence electrons. The minimum Gasteiger partial charge on any atom is -0.341 e. The van der Waals surface area contributed by atoms with Crippen LogP contribution in [0.3, 0.4) is 0 Å². The lowest BCUT2D eigenvalue weighted by Crippen LogP contribution is -1.95. The van der Waals surface area contributed by atoms with Crippen molar-refractivity contribution in [2.75, 3.05) is 0 Å². The molecule has 0 saturated carbocycles. The van der Waals surface area contributed by atoms with E-state index in [0.29, 0.717) is 0 Å². The number of nitrogens with zero attached hydrogens (tertiary/aromatic N) is 2. The summed E-state index contributed by atoms with van der Waals surface area (Å²) in [6.07, 6.45) is 1.92. The fourth-order valence-electron chi connectivity index (χ4n) is 2.30. The van der Waals surface area contributed by atoms with Gasteiger partial charge in [0.1, 0.15) is 5.82 Å². The smallest absolute Gasteiger partial charge is 0.177 e. The number of fused-ring (bicyclic) bond motifs is 1. The van der Waals surface area contributed by atoms with E-state index in [0.717, 1.165) is 35.5 Å². The van der Waals surface area contributed by atoms with Crippen molar-refractivity contribution >= 4 is 11.2 Å². The summed E-state index contributed by atoms with van der Waals surface area (Å²) in [4.78, 5) is 12.3. The van der Waals surface area contributed by atoms with Gasteiger partial charge in [0.15, 0.2) is 5.65 Å². The molecule has 3 rings (SSSR count). The normalized spacial score (nSPS) is 11.1. The van der Waals surface area contributed by atoms with Crippen molar-refractivity contribution in [3.63, 3.8) is 0 Å². The van der Waals surface area contributed by atoms with Crippen LogP contribution in [-0.4, -0.2) is 15.0 Å². The second-order valence-corrected chi connectivity index (χ2v) is 4.93. The van der Waals surface area contributed by atoms with Gasteiger partial charge in [0, 0.05) is 12.1 Å². The maximum Gasteiger partial charge on any atom is 0.177 e. The molecule has 3 aromatic rings. The van der Waals surface area contributed by atoms with Crippen LogP contribution in [-0.2, 0) is 12.8 Å². The number of H-pyrrole nitrogens is 1. The summed E-state index contributed by atoms with van der Waals surface area (Å²) in [7, 11) is 0. The van der Waals surface area contributed by atoms with Crippen LogP contribution in [0.5, 0.6) is 0 Å². The fraction of sp³-hybridized carbons (Fsp3) is 0.250. The van der Waals surface area contributed by atoms with Crippen LogP contribution in [0.2, 0.25) is 0 Å². The Balaban J connectivity index is 1.80. The predicted octanol–water partition coefficient (Wildman–Crippen LogP) is 3.36. The number of aryl methyl sites for hydroxylation is 4. The summed E-state index contributed by atoms with van der Waals surface area (Å²) >= 11 is 0. The average Bonchev–Trinajstić information content (AvgIpc) is 2.79. The molecule has 19 heavy (non-hydrogen) atoms. The van der Waals surface area contributed by atoms with Crippen LogP contribution in [0.25, 0.3) is 11.2 Å². The Morgan fingerprint density at radius 3 is 2.63 bits per heavy atom. The molecule has 0 spiro atoms. The molecular weight excluding hydrogens is 234 g/mol. The molecule has 3 nitrogen and oxygen atoms in total. The molecule has 3 heteroatoms. The molecule has 0 unspecified atom stereocenters. The Hall–Kier alpha value is -2.16. The summed E-state index contributed by atoms with van der Waals surface area (Å²) in [5.41, 5.74) is 5.56. The third kappa shape index (κ3) is 2.50. The molecular formula is C16H17N3. The van der Waals surface area contributed by atoms with Gasteiger partial charge in [0.25, 0.3) is 0 Å². The average molecular weight is 251 g/mol. The van der Waals surface area contributed by atoms with E-state index in [-0.39, 0.29) is 0 Å². The Morgan fingerprint density at radius 2 is 1.79 bits per heavy atom. The molecule has 0 saturated heterocycles. The largest absolute Gasteiger partial charge is 0.341 e. The summed E-state index contributed by atoms with van der Waals surface area (Å²) in [6.45, 7) is 4.14. The molecule has 0 bridgehead atoms. The van der Waals surface area contributed by atoms with E-state index in [1.165, 1.54) is 11.1 Å². The molecule has 0 aliphatic rings.